The molecule has 0 unspecified atom stereocenters. The smallest absolute Gasteiger partial charge is 0.303 e. The quantitative estimate of drug-likeness (QED) is 0.324. The zero-order chi connectivity index (χ0) is 24.7. The average molecular weight is 475 g/mol. The van der Waals surface area contributed by atoms with Crippen molar-refractivity contribution in [3.8, 4) is 0 Å². The van der Waals surface area contributed by atoms with Crippen LogP contribution < -0.4 is 0 Å². The van der Waals surface area contributed by atoms with Crippen molar-refractivity contribution in [1.82, 2.24) is 0 Å². The maximum atomic E-state index is 13.0. The third-order valence-electron chi connectivity index (χ3n) is 9.40. The van der Waals surface area contributed by atoms with Gasteiger partial charge in [-0.2, -0.15) is 0 Å². The fourth-order valence-electron chi connectivity index (χ4n) is 7.96. The second-order valence-corrected chi connectivity index (χ2v) is 11.2. The molecule has 0 aliphatic heterocycles. The lowest BCUT2D eigenvalue weighted by Gasteiger charge is -2.60. The lowest BCUT2D eigenvalue weighted by atomic mass is 9.45. The summed E-state index contributed by atoms with van der Waals surface area (Å²) in [4.78, 5) is 47.6. The molecule has 0 saturated heterocycles. The predicted octanol–water partition coefficient (Wildman–Crippen LogP) is 4.17. The largest absolute Gasteiger partial charge is 0.465 e. The van der Waals surface area contributed by atoms with Crippen LogP contribution >= 0.6 is 0 Å². The van der Waals surface area contributed by atoms with Crippen molar-refractivity contribution in [1.29, 1.82) is 0 Å². The number of carbonyl (C=O) groups is 4. The van der Waals surface area contributed by atoms with Gasteiger partial charge < -0.3 is 14.2 Å². The summed E-state index contributed by atoms with van der Waals surface area (Å²) in [5.41, 5.74) is 1.06. The van der Waals surface area contributed by atoms with Crippen molar-refractivity contribution >= 4 is 23.7 Å². The van der Waals surface area contributed by atoms with Gasteiger partial charge in [0.1, 0.15) is 12.7 Å². The number of esters is 3. The Morgan fingerprint density at radius 1 is 0.941 bits per heavy atom. The third kappa shape index (κ3) is 4.42. The number of Topliss-reactive ketones (excluding diaryl/α,β-unsaturated/α-hetero) is 1. The van der Waals surface area contributed by atoms with Gasteiger partial charge in [-0.1, -0.05) is 18.6 Å². The van der Waals surface area contributed by atoms with E-state index in [2.05, 4.69) is 13.0 Å². The molecule has 0 amide bonds. The van der Waals surface area contributed by atoms with E-state index in [1.165, 1.54) is 26.3 Å². The SMILES string of the molecule is CC(=O)OCC(=O)[C@H]1CC=C2[C@@H]3CC[C@H]4C[C@@H](OC(C)=O)CC[C@]4(COC(C)=O)[C@H]3CC[C@@]21C. The number of hydrogen-bond acceptors (Lipinski definition) is 7. The lowest BCUT2D eigenvalue weighted by Crippen LogP contribution is -2.56. The van der Waals surface area contributed by atoms with E-state index in [0.29, 0.717) is 30.8 Å². The molecular formula is C27H38O7. The molecule has 0 N–H and O–H groups in total. The van der Waals surface area contributed by atoms with E-state index in [1.807, 2.05) is 0 Å². The molecule has 0 bridgehead atoms. The van der Waals surface area contributed by atoms with Crippen molar-refractivity contribution in [3.05, 3.63) is 11.6 Å². The summed E-state index contributed by atoms with van der Waals surface area (Å²) in [6.45, 7) is 6.73. The Labute approximate surface area is 202 Å². The molecule has 7 heteroatoms. The fraction of sp³-hybridized carbons (Fsp3) is 0.778. The van der Waals surface area contributed by atoms with Gasteiger partial charge in [-0.3, -0.25) is 19.2 Å². The molecule has 0 heterocycles. The Morgan fingerprint density at radius 2 is 1.68 bits per heavy atom. The van der Waals surface area contributed by atoms with Crippen molar-refractivity contribution < 1.29 is 33.4 Å². The molecule has 0 aromatic carbocycles. The maximum Gasteiger partial charge on any atom is 0.303 e. The number of fused-ring (bicyclic) bond motifs is 5. The first kappa shape index (κ1) is 24.9. The van der Waals surface area contributed by atoms with Crippen LogP contribution in [0.5, 0.6) is 0 Å². The first-order valence-corrected chi connectivity index (χ1v) is 12.7. The zero-order valence-corrected chi connectivity index (χ0v) is 20.9. The number of ether oxygens (including phenoxy) is 3. The van der Waals surface area contributed by atoms with E-state index in [4.69, 9.17) is 14.2 Å². The van der Waals surface area contributed by atoms with Crippen molar-refractivity contribution in [3.63, 3.8) is 0 Å². The second-order valence-electron chi connectivity index (χ2n) is 11.2. The van der Waals surface area contributed by atoms with Crippen molar-refractivity contribution in [2.45, 2.75) is 85.2 Å². The van der Waals surface area contributed by atoms with Crippen LogP contribution in [0.1, 0.15) is 79.1 Å². The predicted molar refractivity (Wildman–Crippen MR) is 123 cm³/mol. The molecule has 188 valence electrons. The normalized spacial score (nSPS) is 38.5. The van der Waals surface area contributed by atoms with Crippen LogP contribution in [0.4, 0.5) is 0 Å². The Bertz CT molecular complexity index is 891. The standard InChI is InChI=1S/C27H38O7/c1-16(28)32-14-25(31)24-8-7-22-21-6-5-19-13-20(34-18(3)30)9-12-27(19,15-33-17(2)29)23(21)10-11-26(22,24)4/h7,19-21,23-24H,5-6,8-15H2,1-4H3/t19-,20-,21-,23-,24+,26-,27+/m0/s1. The highest BCUT2D eigenvalue weighted by Crippen LogP contribution is 2.66. The van der Waals surface area contributed by atoms with E-state index >= 15 is 0 Å². The first-order valence-electron chi connectivity index (χ1n) is 12.7. The van der Waals surface area contributed by atoms with E-state index in [0.717, 1.165) is 44.9 Å². The van der Waals surface area contributed by atoms with Crippen LogP contribution in [0.3, 0.4) is 0 Å². The summed E-state index contributed by atoms with van der Waals surface area (Å²) in [7, 11) is 0. The molecule has 0 aromatic rings. The van der Waals surface area contributed by atoms with Crippen LogP contribution in [0.2, 0.25) is 0 Å². The Kier molecular flexibility index (Phi) is 6.94. The van der Waals surface area contributed by atoms with Gasteiger partial charge in [0.25, 0.3) is 0 Å². The number of carbonyl (C=O) groups excluding carboxylic acids is 4. The van der Waals surface area contributed by atoms with E-state index in [-0.39, 0.29) is 47.2 Å². The summed E-state index contributed by atoms with van der Waals surface area (Å²) in [6, 6.07) is 0. The zero-order valence-electron chi connectivity index (χ0n) is 20.9. The molecular weight excluding hydrogens is 436 g/mol. The van der Waals surface area contributed by atoms with Crippen molar-refractivity contribution in [2.75, 3.05) is 13.2 Å². The number of ketones is 1. The van der Waals surface area contributed by atoms with Gasteiger partial charge in [-0.05, 0) is 74.5 Å². The van der Waals surface area contributed by atoms with E-state index in [1.54, 1.807) is 0 Å². The minimum atomic E-state index is -0.427. The Hall–Kier alpha value is -2.18. The monoisotopic (exact) mass is 474 g/mol. The van der Waals surface area contributed by atoms with Crippen molar-refractivity contribution in [2.24, 2.45) is 34.5 Å². The van der Waals surface area contributed by atoms with Crippen LogP contribution in [0.15, 0.2) is 11.6 Å². The molecule has 3 saturated carbocycles. The molecule has 0 spiro atoms. The topological polar surface area (TPSA) is 96.0 Å². The van der Waals surface area contributed by atoms with Gasteiger partial charge in [-0.25, -0.2) is 0 Å². The molecule has 7 nitrogen and oxygen atoms in total. The minimum Gasteiger partial charge on any atom is -0.465 e. The Balaban J connectivity index is 1.57. The maximum absolute atomic E-state index is 13.0. The second kappa shape index (κ2) is 9.46. The highest BCUT2D eigenvalue weighted by molar-refractivity contribution is 5.86. The lowest BCUT2D eigenvalue weighted by molar-refractivity contribution is -0.170. The van der Waals surface area contributed by atoms with E-state index < -0.39 is 5.97 Å². The van der Waals surface area contributed by atoms with Gasteiger partial charge in [0.15, 0.2) is 5.78 Å². The molecule has 34 heavy (non-hydrogen) atoms. The highest BCUT2D eigenvalue weighted by Gasteiger charge is 2.60. The van der Waals surface area contributed by atoms with Gasteiger partial charge in [0.2, 0.25) is 0 Å². The van der Waals surface area contributed by atoms with E-state index in [9.17, 15) is 19.2 Å². The number of rotatable bonds is 6. The van der Waals surface area contributed by atoms with Gasteiger partial charge >= 0.3 is 17.9 Å². The summed E-state index contributed by atoms with van der Waals surface area (Å²) >= 11 is 0. The minimum absolute atomic E-state index is 0.00704. The highest BCUT2D eigenvalue weighted by atomic mass is 16.5. The van der Waals surface area contributed by atoms with Crippen LogP contribution in [0.25, 0.3) is 0 Å². The van der Waals surface area contributed by atoms with Crippen LogP contribution in [0, 0.1) is 34.5 Å². The third-order valence-corrected chi connectivity index (χ3v) is 9.40. The van der Waals surface area contributed by atoms with Gasteiger partial charge in [0.05, 0.1) is 6.61 Å². The number of hydrogen-bond donors (Lipinski definition) is 0. The average Bonchev–Trinajstić information content (AvgIpc) is 3.13. The summed E-state index contributed by atoms with van der Waals surface area (Å²) in [5, 5.41) is 0. The summed E-state index contributed by atoms with van der Waals surface area (Å²) in [6.07, 6.45) is 9.32. The molecule has 4 rings (SSSR count). The van der Waals surface area contributed by atoms with Crippen LogP contribution in [-0.2, 0) is 33.4 Å². The molecule has 0 radical (unpaired) electrons. The van der Waals surface area contributed by atoms with Gasteiger partial charge in [-0.15, -0.1) is 0 Å². The molecule has 7 atom stereocenters. The molecule has 4 aliphatic carbocycles. The molecule has 4 aliphatic rings. The fourth-order valence-corrected chi connectivity index (χ4v) is 7.96. The Morgan fingerprint density at radius 3 is 2.35 bits per heavy atom. The van der Waals surface area contributed by atoms with Crippen LogP contribution in [-0.4, -0.2) is 43.0 Å². The van der Waals surface area contributed by atoms with Gasteiger partial charge in [0, 0.05) is 32.1 Å². The summed E-state index contributed by atoms with van der Waals surface area (Å²) in [5.74, 6) is 0.0296. The first-order chi connectivity index (χ1) is 16.1. The summed E-state index contributed by atoms with van der Waals surface area (Å²) < 4.78 is 16.3. The number of allylic oxidation sites excluding steroid dienone is 2. The molecule has 3 fully saturated rings. The molecule has 0 aromatic heterocycles.